The summed E-state index contributed by atoms with van der Waals surface area (Å²) in [6.07, 6.45) is 1.09. The highest BCUT2D eigenvalue weighted by Gasteiger charge is 2.43. The van der Waals surface area contributed by atoms with Crippen molar-refractivity contribution in [2.45, 2.75) is 52.4 Å². The molecule has 4 aromatic rings. The van der Waals surface area contributed by atoms with E-state index in [4.69, 9.17) is 10.5 Å². The minimum absolute atomic E-state index is 0.164. The lowest BCUT2D eigenvalue weighted by atomic mass is 9.84. The third kappa shape index (κ3) is 3.94. The van der Waals surface area contributed by atoms with Crippen LogP contribution in [0.2, 0.25) is 0 Å². The minimum Gasteiger partial charge on any atom is -0.384 e. The lowest BCUT2D eigenvalue weighted by Crippen LogP contribution is -2.25. The SMILES string of the molecule is Cc1cc(F)c(-c2ccc3c(c2)[C@H]2O[C@@H]3c3ccc(C(=O)NCc4c(C(C)C)cc(N)nc4C)cc32)cn1. The first-order valence-corrected chi connectivity index (χ1v) is 12.8. The van der Waals surface area contributed by atoms with Crippen LogP contribution >= 0.6 is 0 Å². The van der Waals surface area contributed by atoms with Gasteiger partial charge in [0.15, 0.2) is 0 Å². The number of fused-ring (bicyclic) bond motifs is 8. The van der Waals surface area contributed by atoms with Crippen LogP contribution in [0.25, 0.3) is 11.1 Å². The number of ether oxygens (including phenoxy) is 1. The van der Waals surface area contributed by atoms with E-state index >= 15 is 0 Å². The van der Waals surface area contributed by atoms with Gasteiger partial charge in [-0.15, -0.1) is 0 Å². The molecular weight excluding hydrogens is 479 g/mol. The van der Waals surface area contributed by atoms with Gasteiger partial charge in [0.05, 0.1) is 0 Å². The summed E-state index contributed by atoms with van der Waals surface area (Å²) in [7, 11) is 0. The van der Waals surface area contributed by atoms with E-state index in [2.05, 4.69) is 29.1 Å². The number of nitrogens with one attached hydrogen (secondary N) is 1. The minimum atomic E-state index is -0.298. The van der Waals surface area contributed by atoms with Gasteiger partial charge < -0.3 is 15.8 Å². The summed E-state index contributed by atoms with van der Waals surface area (Å²) in [4.78, 5) is 21.8. The largest absolute Gasteiger partial charge is 0.384 e. The van der Waals surface area contributed by atoms with Crippen molar-refractivity contribution in [1.82, 2.24) is 15.3 Å². The van der Waals surface area contributed by atoms with Crippen molar-refractivity contribution in [1.29, 1.82) is 0 Å². The van der Waals surface area contributed by atoms with Crippen LogP contribution in [0.3, 0.4) is 0 Å². The lowest BCUT2D eigenvalue weighted by Gasteiger charge is -2.19. The molecule has 0 radical (unpaired) electrons. The number of amides is 1. The molecule has 1 amide bonds. The number of nitrogen functional groups attached to an aromatic ring is 1. The zero-order chi connectivity index (χ0) is 26.7. The number of pyridine rings is 2. The van der Waals surface area contributed by atoms with Gasteiger partial charge in [0.1, 0.15) is 23.8 Å². The van der Waals surface area contributed by atoms with E-state index in [1.807, 2.05) is 49.4 Å². The lowest BCUT2D eigenvalue weighted by molar-refractivity contribution is 0.0857. The number of hydrogen-bond donors (Lipinski definition) is 2. The topological polar surface area (TPSA) is 90.1 Å². The van der Waals surface area contributed by atoms with Crippen LogP contribution in [0.1, 0.15) is 87.1 Å². The molecule has 6 rings (SSSR count). The van der Waals surface area contributed by atoms with Crippen molar-refractivity contribution >= 4 is 11.7 Å². The predicted molar refractivity (Wildman–Crippen MR) is 144 cm³/mol. The zero-order valence-electron chi connectivity index (χ0n) is 21.8. The van der Waals surface area contributed by atoms with Crippen LogP contribution in [0, 0.1) is 19.7 Å². The molecule has 2 aliphatic rings. The Hall–Kier alpha value is -4.10. The molecule has 0 saturated carbocycles. The Kier molecular flexibility index (Phi) is 5.76. The smallest absolute Gasteiger partial charge is 0.251 e. The molecule has 2 aromatic carbocycles. The average Bonchev–Trinajstić information content (AvgIpc) is 3.44. The predicted octanol–water partition coefficient (Wildman–Crippen LogP) is 6.06. The summed E-state index contributed by atoms with van der Waals surface area (Å²) in [5, 5.41) is 3.06. The monoisotopic (exact) mass is 508 g/mol. The maximum atomic E-state index is 14.6. The van der Waals surface area contributed by atoms with Crippen molar-refractivity contribution in [2.75, 3.05) is 5.73 Å². The molecule has 2 atom stereocenters. The number of carbonyl (C=O) groups is 1. The highest BCUT2D eigenvalue weighted by atomic mass is 19.1. The Morgan fingerprint density at radius 2 is 1.74 bits per heavy atom. The Labute approximate surface area is 221 Å². The molecule has 0 aliphatic carbocycles. The Morgan fingerprint density at radius 1 is 1.03 bits per heavy atom. The molecule has 6 nitrogen and oxygen atoms in total. The van der Waals surface area contributed by atoms with Gasteiger partial charge in [-0.3, -0.25) is 9.78 Å². The summed E-state index contributed by atoms with van der Waals surface area (Å²) in [6, 6.07) is 15.0. The second-order valence-electron chi connectivity index (χ2n) is 10.4. The number of rotatable bonds is 5. The van der Waals surface area contributed by atoms with E-state index in [9.17, 15) is 9.18 Å². The van der Waals surface area contributed by atoms with Gasteiger partial charge in [0.2, 0.25) is 0 Å². The van der Waals surface area contributed by atoms with Gasteiger partial charge in [-0.05, 0) is 89.0 Å². The first kappa shape index (κ1) is 24.2. The number of nitrogens with two attached hydrogens (primary N) is 1. The van der Waals surface area contributed by atoms with Crippen LogP contribution in [-0.2, 0) is 11.3 Å². The number of aromatic nitrogens is 2. The molecule has 4 heterocycles. The van der Waals surface area contributed by atoms with Crippen molar-refractivity contribution in [3.05, 3.63) is 111 Å². The second-order valence-corrected chi connectivity index (χ2v) is 10.4. The third-order valence-electron chi connectivity index (χ3n) is 7.57. The van der Waals surface area contributed by atoms with Crippen LogP contribution in [-0.4, -0.2) is 15.9 Å². The van der Waals surface area contributed by atoms with Crippen molar-refractivity contribution in [2.24, 2.45) is 0 Å². The quantitative estimate of drug-likeness (QED) is 0.342. The molecule has 2 bridgehead atoms. The van der Waals surface area contributed by atoms with E-state index < -0.39 is 0 Å². The number of nitrogens with zero attached hydrogens (tertiary/aromatic N) is 2. The summed E-state index contributed by atoms with van der Waals surface area (Å²) < 4.78 is 21.0. The van der Waals surface area contributed by atoms with Crippen LogP contribution in [0.4, 0.5) is 10.2 Å². The maximum Gasteiger partial charge on any atom is 0.251 e. The summed E-state index contributed by atoms with van der Waals surface area (Å²) in [5.41, 5.74) is 15.4. The molecule has 38 heavy (non-hydrogen) atoms. The molecule has 0 unspecified atom stereocenters. The van der Waals surface area contributed by atoms with Gasteiger partial charge in [-0.1, -0.05) is 32.0 Å². The number of benzene rings is 2. The summed E-state index contributed by atoms with van der Waals surface area (Å²) in [6.45, 7) is 8.25. The van der Waals surface area contributed by atoms with E-state index in [1.54, 1.807) is 13.1 Å². The van der Waals surface area contributed by atoms with E-state index in [0.29, 0.717) is 29.2 Å². The molecule has 7 heteroatoms. The fraction of sp³-hybridized carbons (Fsp3) is 0.258. The third-order valence-corrected chi connectivity index (χ3v) is 7.57. The van der Waals surface area contributed by atoms with E-state index in [1.165, 1.54) is 6.07 Å². The number of halogens is 1. The van der Waals surface area contributed by atoms with Crippen molar-refractivity contribution < 1.29 is 13.9 Å². The van der Waals surface area contributed by atoms with Crippen LogP contribution < -0.4 is 11.1 Å². The Balaban J connectivity index is 1.26. The second kappa shape index (κ2) is 9.03. The standard InChI is InChI=1S/C31H29FN4O2/c1-15(2)22-12-28(33)36-17(4)25(22)13-35-31(37)19-6-8-21-24(11-19)30-23-10-18(5-7-20(23)29(21)38-30)26-14-34-16(3)9-27(26)32/h5-12,14-15,29-30H,13H2,1-4H3,(H2,33,36)(H,35,37)/t29-,30+/m0/s1. The van der Waals surface area contributed by atoms with Crippen LogP contribution in [0.5, 0.6) is 0 Å². The molecular formula is C31H29FN4O2. The molecule has 0 spiro atoms. The zero-order valence-corrected chi connectivity index (χ0v) is 21.8. The van der Waals surface area contributed by atoms with Gasteiger partial charge in [-0.25, -0.2) is 9.37 Å². The van der Waals surface area contributed by atoms with Gasteiger partial charge >= 0.3 is 0 Å². The van der Waals surface area contributed by atoms with Crippen molar-refractivity contribution in [3.8, 4) is 11.1 Å². The maximum absolute atomic E-state index is 14.6. The normalized spacial score (nSPS) is 17.0. The van der Waals surface area contributed by atoms with Gasteiger partial charge in [0, 0.05) is 35.3 Å². The molecule has 192 valence electrons. The molecule has 0 saturated heterocycles. The summed E-state index contributed by atoms with van der Waals surface area (Å²) >= 11 is 0. The number of hydrogen-bond acceptors (Lipinski definition) is 5. The van der Waals surface area contributed by atoms with Crippen LogP contribution in [0.15, 0.2) is 54.7 Å². The fourth-order valence-electron chi connectivity index (χ4n) is 5.66. The Morgan fingerprint density at radius 3 is 2.47 bits per heavy atom. The van der Waals surface area contributed by atoms with Gasteiger partial charge in [-0.2, -0.15) is 0 Å². The van der Waals surface area contributed by atoms with Crippen molar-refractivity contribution in [3.63, 3.8) is 0 Å². The number of aryl methyl sites for hydroxylation is 2. The average molecular weight is 509 g/mol. The first-order valence-electron chi connectivity index (χ1n) is 12.8. The molecule has 2 aromatic heterocycles. The highest BCUT2D eigenvalue weighted by molar-refractivity contribution is 5.94. The molecule has 2 aliphatic heterocycles. The van der Waals surface area contributed by atoms with E-state index in [0.717, 1.165) is 44.6 Å². The Bertz CT molecular complexity index is 1610. The summed E-state index contributed by atoms with van der Waals surface area (Å²) in [5.74, 6) is 0.281. The van der Waals surface area contributed by atoms with Gasteiger partial charge in [0.25, 0.3) is 5.91 Å². The number of anilines is 1. The number of carbonyl (C=O) groups excluding carboxylic acids is 1. The molecule has 3 N–H and O–H groups in total. The van der Waals surface area contributed by atoms with E-state index in [-0.39, 0.29) is 29.9 Å². The molecule has 0 fully saturated rings. The highest BCUT2D eigenvalue weighted by Crippen LogP contribution is 2.54. The first-order chi connectivity index (χ1) is 18.2. The fourth-order valence-corrected chi connectivity index (χ4v) is 5.66.